The number of rotatable bonds is 12. The minimum Gasteiger partial charge on any atom is -0.493 e. The minimum atomic E-state index is -0.797. The number of benzene rings is 2. The number of esters is 1. The van der Waals surface area contributed by atoms with E-state index in [1.54, 1.807) is 58.0 Å². The molecule has 4 amide bonds. The first-order valence-electron chi connectivity index (χ1n) is 18.7. The maximum Gasteiger partial charge on any atom is 0.407 e. The number of aromatic nitrogens is 1. The number of carbonyl (C=O) groups excluding carboxylic acids is 5. The average molecular weight is 782 g/mol. The summed E-state index contributed by atoms with van der Waals surface area (Å²) in [6, 6.07) is 12.0. The van der Waals surface area contributed by atoms with Crippen molar-refractivity contribution in [1.82, 2.24) is 20.9 Å². The van der Waals surface area contributed by atoms with E-state index < -0.39 is 29.5 Å². The maximum atomic E-state index is 14.8. The molecule has 0 atom stereocenters. The molecule has 4 N–H and O–H groups in total. The number of hydrogen-bond acceptors (Lipinski definition) is 10. The van der Waals surface area contributed by atoms with Crippen LogP contribution in [0.1, 0.15) is 105 Å². The van der Waals surface area contributed by atoms with Gasteiger partial charge in [-0.25, -0.2) is 14.6 Å². The monoisotopic (exact) mass is 781 g/mol. The number of amides is 4. The van der Waals surface area contributed by atoms with Gasteiger partial charge in [0, 0.05) is 53.2 Å². The number of nitrogens with zero attached hydrogens (tertiary/aromatic N) is 1. The van der Waals surface area contributed by atoms with Gasteiger partial charge in [-0.1, -0.05) is 13.0 Å². The molecule has 6 rings (SSSR count). The Morgan fingerprint density at radius 1 is 0.911 bits per heavy atom. The van der Waals surface area contributed by atoms with Gasteiger partial charge in [-0.15, -0.1) is 11.3 Å². The van der Waals surface area contributed by atoms with E-state index in [0.29, 0.717) is 66.5 Å². The van der Waals surface area contributed by atoms with Crippen LogP contribution >= 0.6 is 11.3 Å². The molecule has 1 saturated carbocycles. The van der Waals surface area contributed by atoms with Crippen molar-refractivity contribution in [3.63, 3.8) is 0 Å². The third kappa shape index (κ3) is 9.36. The lowest BCUT2D eigenvalue weighted by Crippen LogP contribution is -2.32. The van der Waals surface area contributed by atoms with Crippen LogP contribution in [0.2, 0.25) is 0 Å². The third-order valence-corrected chi connectivity index (χ3v) is 10.3. The van der Waals surface area contributed by atoms with Crippen LogP contribution in [0.5, 0.6) is 5.75 Å². The van der Waals surface area contributed by atoms with Crippen LogP contribution in [0.25, 0.3) is 21.6 Å². The first kappa shape index (κ1) is 39.9. The zero-order valence-electron chi connectivity index (χ0n) is 32.5. The molecule has 13 nitrogen and oxygen atoms in total. The minimum absolute atomic E-state index is 0.0153. The number of thiophene rings is 1. The topological polar surface area (TPSA) is 174 Å². The molecule has 14 heteroatoms. The summed E-state index contributed by atoms with van der Waals surface area (Å²) in [6.07, 6.45) is 2.84. The second-order valence-corrected chi connectivity index (χ2v) is 15.8. The Morgan fingerprint density at radius 2 is 1.70 bits per heavy atom. The molecule has 2 aromatic carbocycles. The molecule has 1 fully saturated rings. The van der Waals surface area contributed by atoms with E-state index >= 15 is 0 Å². The van der Waals surface area contributed by atoms with Gasteiger partial charge in [0.1, 0.15) is 17.0 Å². The fourth-order valence-corrected chi connectivity index (χ4v) is 7.32. The largest absolute Gasteiger partial charge is 0.493 e. The van der Waals surface area contributed by atoms with Crippen LogP contribution in [0.3, 0.4) is 0 Å². The highest BCUT2D eigenvalue weighted by Gasteiger charge is 2.29. The van der Waals surface area contributed by atoms with Crippen molar-refractivity contribution in [2.75, 3.05) is 32.1 Å². The summed E-state index contributed by atoms with van der Waals surface area (Å²) in [5, 5.41) is 13.5. The number of aryl methyl sites for hydroxylation is 1. The van der Waals surface area contributed by atoms with Crippen molar-refractivity contribution in [2.45, 2.75) is 72.4 Å². The number of alkyl carbamates (subject to hydrolysis) is 1. The number of ether oxygens (including phenoxy) is 3. The van der Waals surface area contributed by atoms with Crippen molar-refractivity contribution in [2.24, 2.45) is 5.92 Å². The van der Waals surface area contributed by atoms with E-state index in [4.69, 9.17) is 14.2 Å². The molecule has 0 saturated heterocycles. The molecule has 0 spiro atoms. The summed E-state index contributed by atoms with van der Waals surface area (Å²) in [5.41, 5.74) is 3.40. The van der Waals surface area contributed by atoms with Crippen molar-refractivity contribution in [3.05, 3.63) is 87.0 Å². The number of pyridine rings is 1. The van der Waals surface area contributed by atoms with E-state index in [9.17, 15) is 24.0 Å². The second-order valence-electron chi connectivity index (χ2n) is 14.9. The highest BCUT2D eigenvalue weighted by Crippen LogP contribution is 2.43. The summed E-state index contributed by atoms with van der Waals surface area (Å²) in [7, 11) is 1.22. The molecule has 2 aliphatic rings. The van der Waals surface area contributed by atoms with Gasteiger partial charge in [-0.2, -0.15) is 0 Å². The number of nitrogens with one attached hydrogen (secondary N) is 4. The SMILES string of the molecule is CCCNC(=O)c1ccc(-c2cc3c(cc2C(=O)Nc2c(C)cc(CNC(=O)OC(C)(C)C)cc2C(=O)NCC2CC2)-c2sccc2CCO3)c(C(=O)OC)n1. The Balaban J connectivity index is 1.44. The first-order chi connectivity index (χ1) is 26.8. The zero-order chi connectivity index (χ0) is 40.1. The molecule has 1 aliphatic carbocycles. The number of fused-ring (bicyclic) bond motifs is 3. The predicted octanol–water partition coefficient (Wildman–Crippen LogP) is 7.06. The van der Waals surface area contributed by atoms with E-state index in [1.165, 1.54) is 24.5 Å². The molecule has 2 aromatic heterocycles. The van der Waals surface area contributed by atoms with Crippen molar-refractivity contribution < 1.29 is 38.2 Å². The van der Waals surface area contributed by atoms with Crippen LogP contribution in [0.15, 0.2) is 47.8 Å². The number of methoxy groups -OCH3 is 1. The second kappa shape index (κ2) is 16.9. The molecule has 56 heavy (non-hydrogen) atoms. The molecule has 4 aromatic rings. The first-order valence-corrected chi connectivity index (χ1v) is 19.6. The standard InChI is InChI=1S/C42H47N5O8S/c1-7-14-43-39(50)32-11-10-27(35(46-32)40(51)53-6)28-20-33-30(36-26(12-15-54-33)13-16-56-36)19-29(28)38(49)47-34-23(2)17-25(22-45-41(52)55-42(3,4)5)18-31(34)37(48)44-21-24-8-9-24/h10-11,13,16-20,24H,7-9,12,14-15,21-22H2,1-6H3,(H,43,50)(H,44,48)(H,45,52)(H,47,49). The molecular weight excluding hydrogens is 735 g/mol. The average Bonchev–Trinajstić information content (AvgIpc) is 3.92. The van der Waals surface area contributed by atoms with Gasteiger partial charge in [0.05, 0.1) is 25.0 Å². The van der Waals surface area contributed by atoms with Gasteiger partial charge in [-0.05, 0) is 111 Å². The number of carbonyl (C=O) groups is 5. The number of hydrogen-bond donors (Lipinski definition) is 4. The lowest BCUT2D eigenvalue weighted by molar-refractivity contribution is 0.0521. The van der Waals surface area contributed by atoms with Gasteiger partial charge >= 0.3 is 12.1 Å². The normalized spacial score (nSPS) is 13.2. The van der Waals surface area contributed by atoms with E-state index in [2.05, 4.69) is 26.3 Å². The highest BCUT2D eigenvalue weighted by molar-refractivity contribution is 7.13. The number of anilines is 1. The van der Waals surface area contributed by atoms with Gasteiger partial charge in [0.15, 0.2) is 5.69 Å². The Bertz CT molecular complexity index is 2190. The molecule has 0 bridgehead atoms. The van der Waals surface area contributed by atoms with E-state index in [1.807, 2.05) is 18.4 Å². The van der Waals surface area contributed by atoms with Crippen molar-refractivity contribution >= 4 is 46.8 Å². The summed E-state index contributed by atoms with van der Waals surface area (Å²) in [4.78, 5) is 72.6. The maximum absolute atomic E-state index is 14.8. The Kier molecular flexibility index (Phi) is 12.1. The fourth-order valence-electron chi connectivity index (χ4n) is 6.34. The molecule has 1 aliphatic heterocycles. The van der Waals surface area contributed by atoms with E-state index in [0.717, 1.165) is 23.3 Å². The lowest BCUT2D eigenvalue weighted by Gasteiger charge is -2.21. The molecule has 3 heterocycles. The Labute approximate surface area is 329 Å². The zero-order valence-corrected chi connectivity index (χ0v) is 33.3. The van der Waals surface area contributed by atoms with E-state index in [-0.39, 0.29) is 46.2 Å². The smallest absolute Gasteiger partial charge is 0.407 e. The summed E-state index contributed by atoms with van der Waals surface area (Å²) in [5.74, 6) is -1.27. The van der Waals surface area contributed by atoms with Crippen LogP contribution in [-0.2, 0) is 22.4 Å². The summed E-state index contributed by atoms with van der Waals surface area (Å²) < 4.78 is 16.7. The molecule has 0 radical (unpaired) electrons. The van der Waals surface area contributed by atoms with Crippen LogP contribution in [0, 0.1) is 12.8 Å². The Hall–Kier alpha value is -5.76. The van der Waals surface area contributed by atoms with Crippen molar-refractivity contribution in [3.8, 4) is 27.3 Å². The van der Waals surface area contributed by atoms with Crippen molar-refractivity contribution in [1.29, 1.82) is 0 Å². The van der Waals surface area contributed by atoms with Gasteiger partial charge in [0.25, 0.3) is 17.7 Å². The van der Waals surface area contributed by atoms with Gasteiger partial charge < -0.3 is 35.5 Å². The van der Waals surface area contributed by atoms with Gasteiger partial charge in [0.2, 0.25) is 0 Å². The summed E-state index contributed by atoms with van der Waals surface area (Å²) >= 11 is 1.53. The highest BCUT2D eigenvalue weighted by atomic mass is 32.1. The lowest BCUT2D eigenvalue weighted by atomic mass is 9.93. The molecule has 0 unspecified atom stereocenters. The molecule has 294 valence electrons. The summed E-state index contributed by atoms with van der Waals surface area (Å²) in [6.45, 7) is 10.4. The molecular formula is C42H47N5O8S. The van der Waals surface area contributed by atoms with Crippen LogP contribution in [-0.4, -0.2) is 67.2 Å². The van der Waals surface area contributed by atoms with Gasteiger partial charge in [-0.3, -0.25) is 14.4 Å². The quantitative estimate of drug-likeness (QED) is 0.110. The predicted molar refractivity (Wildman–Crippen MR) is 213 cm³/mol. The Morgan fingerprint density at radius 3 is 2.41 bits per heavy atom. The third-order valence-electron chi connectivity index (χ3n) is 9.28. The van der Waals surface area contributed by atoms with Crippen LogP contribution in [0.4, 0.5) is 10.5 Å². The van der Waals surface area contributed by atoms with Crippen LogP contribution < -0.4 is 26.0 Å². The fraction of sp³-hybridized carbons (Fsp3) is 0.381.